The van der Waals surface area contributed by atoms with Gasteiger partial charge in [-0.2, -0.15) is 0 Å². The molecule has 2 rings (SSSR count). The van der Waals surface area contributed by atoms with Crippen molar-refractivity contribution >= 4 is 11.6 Å². The highest BCUT2D eigenvalue weighted by atomic mass is 16.5. The molecule has 0 aliphatic carbocycles. The second-order valence-electron chi connectivity index (χ2n) is 4.61. The fourth-order valence-corrected chi connectivity index (χ4v) is 2.14. The molecule has 19 heavy (non-hydrogen) atoms. The average molecular weight is 264 g/mol. The van der Waals surface area contributed by atoms with Crippen LogP contribution in [0.5, 0.6) is 5.75 Å². The van der Waals surface area contributed by atoms with Gasteiger partial charge in [-0.25, -0.2) is 0 Å². The van der Waals surface area contributed by atoms with Gasteiger partial charge in [-0.15, -0.1) is 0 Å². The van der Waals surface area contributed by atoms with Crippen molar-refractivity contribution in [2.45, 2.75) is 13.0 Å². The minimum atomic E-state index is -0.402. The zero-order valence-corrected chi connectivity index (χ0v) is 11.6. The summed E-state index contributed by atoms with van der Waals surface area (Å²) in [5.74, 6) is 0.789. The first-order valence-corrected chi connectivity index (χ1v) is 6.38. The third kappa shape index (κ3) is 3.05. The van der Waals surface area contributed by atoms with Crippen molar-refractivity contribution in [3.63, 3.8) is 0 Å². The predicted molar refractivity (Wildman–Crippen MR) is 73.8 cm³/mol. The van der Waals surface area contributed by atoms with E-state index in [0.717, 1.165) is 23.5 Å². The molecule has 0 aromatic heterocycles. The van der Waals surface area contributed by atoms with E-state index in [4.69, 9.17) is 9.47 Å². The summed E-state index contributed by atoms with van der Waals surface area (Å²) in [6.45, 7) is 3.90. The molecule has 5 nitrogen and oxygen atoms in total. The van der Waals surface area contributed by atoms with Crippen molar-refractivity contribution in [3.8, 4) is 5.75 Å². The van der Waals surface area contributed by atoms with Gasteiger partial charge in [0.2, 0.25) is 0 Å². The second kappa shape index (κ2) is 6.04. The quantitative estimate of drug-likeness (QED) is 0.883. The molecule has 1 aromatic rings. The van der Waals surface area contributed by atoms with E-state index in [-0.39, 0.29) is 5.91 Å². The van der Waals surface area contributed by atoms with E-state index >= 15 is 0 Å². The number of ether oxygens (including phenoxy) is 2. The summed E-state index contributed by atoms with van der Waals surface area (Å²) in [4.78, 5) is 13.9. The van der Waals surface area contributed by atoms with Crippen LogP contribution in [-0.2, 0) is 9.53 Å². The van der Waals surface area contributed by atoms with Gasteiger partial charge in [0.25, 0.3) is 5.91 Å². The number of carbonyl (C=O) groups is 1. The Kier molecular flexibility index (Phi) is 4.39. The molecule has 104 valence electrons. The van der Waals surface area contributed by atoms with Crippen LogP contribution in [0.2, 0.25) is 0 Å². The highest BCUT2D eigenvalue weighted by Gasteiger charge is 2.25. The first-order chi connectivity index (χ1) is 9.13. The number of likely N-dealkylation sites (N-methyl/N-ethyl adjacent to an activating group) is 1. The molecule has 1 unspecified atom stereocenters. The molecule has 0 spiro atoms. The van der Waals surface area contributed by atoms with Gasteiger partial charge >= 0.3 is 0 Å². The van der Waals surface area contributed by atoms with E-state index in [2.05, 4.69) is 5.32 Å². The third-order valence-electron chi connectivity index (χ3n) is 3.30. The molecule has 1 heterocycles. The molecular weight excluding hydrogens is 244 g/mol. The van der Waals surface area contributed by atoms with E-state index in [9.17, 15) is 4.79 Å². The number of rotatable bonds is 3. The molecule has 1 aliphatic rings. The number of hydrogen-bond acceptors (Lipinski definition) is 4. The van der Waals surface area contributed by atoms with Crippen LogP contribution in [-0.4, -0.2) is 45.9 Å². The Morgan fingerprint density at radius 1 is 1.53 bits per heavy atom. The first-order valence-electron chi connectivity index (χ1n) is 6.38. The number of nitrogens with zero attached hydrogens (tertiary/aromatic N) is 1. The lowest BCUT2D eigenvalue weighted by Crippen LogP contribution is -2.48. The Hall–Kier alpha value is -1.59. The molecule has 0 bridgehead atoms. The van der Waals surface area contributed by atoms with Gasteiger partial charge in [-0.3, -0.25) is 4.79 Å². The minimum Gasteiger partial charge on any atom is -0.496 e. The van der Waals surface area contributed by atoms with E-state index in [0.29, 0.717) is 13.2 Å². The zero-order chi connectivity index (χ0) is 13.8. The number of methoxy groups -OCH3 is 1. The Morgan fingerprint density at radius 3 is 2.89 bits per heavy atom. The second-order valence-corrected chi connectivity index (χ2v) is 4.61. The molecule has 0 saturated carbocycles. The molecule has 1 aromatic carbocycles. The lowest BCUT2D eigenvalue weighted by Gasteiger charge is -2.27. The summed E-state index contributed by atoms with van der Waals surface area (Å²) in [5.41, 5.74) is 1.85. The summed E-state index contributed by atoms with van der Waals surface area (Å²) in [5, 5.41) is 3.16. The van der Waals surface area contributed by atoms with Crippen LogP contribution in [0.3, 0.4) is 0 Å². The Bertz CT molecular complexity index is 456. The van der Waals surface area contributed by atoms with Gasteiger partial charge in [-0.1, -0.05) is 0 Å². The molecule has 1 N–H and O–H groups in total. The van der Waals surface area contributed by atoms with Crippen molar-refractivity contribution in [3.05, 3.63) is 23.8 Å². The zero-order valence-electron chi connectivity index (χ0n) is 11.6. The van der Waals surface area contributed by atoms with Crippen molar-refractivity contribution in [1.29, 1.82) is 0 Å². The molecule has 5 heteroatoms. The van der Waals surface area contributed by atoms with Gasteiger partial charge in [0.05, 0.1) is 13.7 Å². The number of morpholine rings is 1. The van der Waals surface area contributed by atoms with E-state index in [1.54, 1.807) is 19.1 Å². The molecule has 1 amide bonds. The van der Waals surface area contributed by atoms with Gasteiger partial charge in [0, 0.05) is 25.8 Å². The number of nitrogens with one attached hydrogen (secondary N) is 1. The summed E-state index contributed by atoms with van der Waals surface area (Å²) < 4.78 is 10.7. The normalized spacial score (nSPS) is 19.0. The summed E-state index contributed by atoms with van der Waals surface area (Å²) in [6, 6.07) is 5.68. The Labute approximate surface area is 113 Å². The average Bonchev–Trinajstić information content (AvgIpc) is 2.46. The van der Waals surface area contributed by atoms with Crippen molar-refractivity contribution in [2.75, 3.05) is 38.8 Å². The number of anilines is 1. The smallest absolute Gasteiger partial charge is 0.257 e. The van der Waals surface area contributed by atoms with Gasteiger partial charge in [0.15, 0.2) is 0 Å². The van der Waals surface area contributed by atoms with E-state index < -0.39 is 6.10 Å². The number of aryl methyl sites for hydroxylation is 1. The molecule has 1 fully saturated rings. The fraction of sp³-hybridized carbons (Fsp3) is 0.500. The number of hydrogen-bond donors (Lipinski definition) is 1. The standard InChI is InChI=1S/C14H20N2O3/c1-10-8-11(4-5-12(10)18-3)16(2)14(17)13-9-15-6-7-19-13/h4-5,8,13,15H,6-7,9H2,1-3H3. The summed E-state index contributed by atoms with van der Waals surface area (Å²) in [7, 11) is 3.40. The molecule has 1 atom stereocenters. The van der Waals surface area contributed by atoms with E-state index in [1.807, 2.05) is 25.1 Å². The largest absolute Gasteiger partial charge is 0.496 e. The number of benzene rings is 1. The highest BCUT2D eigenvalue weighted by molar-refractivity contribution is 5.96. The number of amides is 1. The Balaban J connectivity index is 2.11. The topological polar surface area (TPSA) is 50.8 Å². The predicted octanol–water partition coefficient (Wildman–Crippen LogP) is 0.955. The third-order valence-corrected chi connectivity index (χ3v) is 3.30. The van der Waals surface area contributed by atoms with Crippen molar-refractivity contribution in [2.24, 2.45) is 0 Å². The monoisotopic (exact) mass is 264 g/mol. The van der Waals surface area contributed by atoms with Crippen LogP contribution in [0, 0.1) is 6.92 Å². The maximum atomic E-state index is 12.3. The molecule has 0 radical (unpaired) electrons. The fourth-order valence-electron chi connectivity index (χ4n) is 2.14. The summed E-state index contributed by atoms with van der Waals surface area (Å²) >= 11 is 0. The SMILES string of the molecule is COc1ccc(N(C)C(=O)C2CNCCO2)cc1C. The Morgan fingerprint density at radius 2 is 2.32 bits per heavy atom. The summed E-state index contributed by atoms with van der Waals surface area (Å²) in [6.07, 6.45) is -0.402. The van der Waals surface area contributed by atoms with Gasteiger partial charge < -0.3 is 19.7 Å². The van der Waals surface area contributed by atoms with Crippen molar-refractivity contribution < 1.29 is 14.3 Å². The molecular formula is C14H20N2O3. The van der Waals surface area contributed by atoms with Gasteiger partial charge in [-0.05, 0) is 30.7 Å². The van der Waals surface area contributed by atoms with Crippen molar-refractivity contribution in [1.82, 2.24) is 5.32 Å². The number of carbonyl (C=O) groups excluding carboxylic acids is 1. The molecule has 1 saturated heterocycles. The lowest BCUT2D eigenvalue weighted by molar-refractivity contribution is -0.131. The highest BCUT2D eigenvalue weighted by Crippen LogP contribution is 2.24. The molecule has 1 aliphatic heterocycles. The first kappa shape index (κ1) is 13.8. The van der Waals surface area contributed by atoms with Crippen LogP contribution in [0.4, 0.5) is 5.69 Å². The van der Waals surface area contributed by atoms with Crippen LogP contribution in [0.15, 0.2) is 18.2 Å². The van der Waals surface area contributed by atoms with Crippen LogP contribution in [0.25, 0.3) is 0 Å². The van der Waals surface area contributed by atoms with Crippen LogP contribution >= 0.6 is 0 Å². The van der Waals surface area contributed by atoms with Crippen LogP contribution < -0.4 is 15.0 Å². The maximum Gasteiger partial charge on any atom is 0.257 e. The lowest BCUT2D eigenvalue weighted by atomic mass is 10.1. The maximum absolute atomic E-state index is 12.3. The minimum absolute atomic E-state index is 0.0308. The van der Waals surface area contributed by atoms with Gasteiger partial charge in [0.1, 0.15) is 11.9 Å². The van der Waals surface area contributed by atoms with Crippen LogP contribution in [0.1, 0.15) is 5.56 Å². The van der Waals surface area contributed by atoms with E-state index in [1.165, 1.54) is 0 Å².